The molecule has 0 amide bonds. The molecule has 0 fully saturated rings. The zero-order chi connectivity index (χ0) is 13.1. The maximum atomic E-state index is 4.60. The number of hydrogen-bond acceptors (Lipinski definition) is 2. The number of nitrogens with zero attached hydrogens (tertiary/aromatic N) is 2. The summed E-state index contributed by atoms with van der Waals surface area (Å²) in [7, 11) is 0. The fourth-order valence-electron chi connectivity index (χ4n) is 1.81. The van der Waals surface area contributed by atoms with Crippen molar-refractivity contribution in [1.29, 1.82) is 0 Å². The molecule has 0 aliphatic carbocycles. The van der Waals surface area contributed by atoms with Crippen LogP contribution in [0.2, 0.25) is 0 Å². The minimum absolute atomic E-state index is 0.178. The topological polar surface area (TPSA) is 29.9 Å². The molecule has 0 aliphatic heterocycles. The molecule has 1 heterocycles. The molecule has 0 unspecified atom stereocenters. The van der Waals surface area contributed by atoms with Crippen LogP contribution < -0.4 is 5.32 Å². The van der Waals surface area contributed by atoms with Gasteiger partial charge < -0.3 is 5.32 Å². The van der Waals surface area contributed by atoms with E-state index in [4.69, 9.17) is 0 Å². The average molecular weight is 302 g/mol. The fourth-order valence-corrected chi connectivity index (χ4v) is 2.57. The second kappa shape index (κ2) is 6.01. The first kappa shape index (κ1) is 14.7. The van der Waals surface area contributed by atoms with E-state index in [2.05, 4.69) is 65.6 Å². The molecule has 0 saturated heterocycles. The summed E-state index contributed by atoms with van der Waals surface area (Å²) < 4.78 is 3.30. The molecule has 0 radical (unpaired) electrons. The molecule has 0 bridgehead atoms. The van der Waals surface area contributed by atoms with Crippen molar-refractivity contribution in [2.45, 2.75) is 59.5 Å². The predicted molar refractivity (Wildman–Crippen MR) is 76.4 cm³/mol. The van der Waals surface area contributed by atoms with Crippen molar-refractivity contribution in [3.8, 4) is 0 Å². The fraction of sp³-hybridized carbons (Fsp3) is 0.769. The SMILES string of the molecule is CCc1nn(CC)c(CCNC(C)(C)C)c1Br. The van der Waals surface area contributed by atoms with Crippen LogP contribution in [0.25, 0.3) is 0 Å². The quantitative estimate of drug-likeness (QED) is 0.905. The number of nitrogens with one attached hydrogen (secondary N) is 1. The third-order valence-electron chi connectivity index (χ3n) is 2.71. The van der Waals surface area contributed by atoms with Crippen molar-refractivity contribution in [1.82, 2.24) is 15.1 Å². The third-order valence-corrected chi connectivity index (χ3v) is 3.63. The molecule has 17 heavy (non-hydrogen) atoms. The Bertz CT molecular complexity index is 363. The van der Waals surface area contributed by atoms with Gasteiger partial charge in [0, 0.05) is 25.0 Å². The summed E-state index contributed by atoms with van der Waals surface area (Å²) in [6.07, 6.45) is 1.99. The van der Waals surface area contributed by atoms with Crippen molar-refractivity contribution in [2.75, 3.05) is 6.54 Å². The number of aryl methyl sites for hydroxylation is 2. The van der Waals surface area contributed by atoms with Gasteiger partial charge >= 0.3 is 0 Å². The van der Waals surface area contributed by atoms with Crippen LogP contribution in [-0.4, -0.2) is 21.9 Å². The minimum Gasteiger partial charge on any atom is -0.312 e. The van der Waals surface area contributed by atoms with Gasteiger partial charge in [-0.25, -0.2) is 0 Å². The second-order valence-corrected chi connectivity index (χ2v) is 6.10. The summed E-state index contributed by atoms with van der Waals surface area (Å²) in [4.78, 5) is 0. The zero-order valence-electron chi connectivity index (χ0n) is 11.6. The van der Waals surface area contributed by atoms with E-state index in [-0.39, 0.29) is 5.54 Å². The molecular weight excluding hydrogens is 278 g/mol. The van der Waals surface area contributed by atoms with Gasteiger partial charge in [0.2, 0.25) is 0 Å². The highest BCUT2D eigenvalue weighted by atomic mass is 79.9. The lowest BCUT2D eigenvalue weighted by molar-refractivity contribution is 0.425. The van der Waals surface area contributed by atoms with Crippen LogP contribution in [0.3, 0.4) is 0 Å². The molecule has 0 spiro atoms. The lowest BCUT2D eigenvalue weighted by Crippen LogP contribution is -2.37. The molecule has 0 aliphatic rings. The molecule has 98 valence electrons. The van der Waals surface area contributed by atoms with Gasteiger partial charge in [-0.15, -0.1) is 0 Å². The smallest absolute Gasteiger partial charge is 0.0766 e. The Morgan fingerprint density at radius 1 is 1.29 bits per heavy atom. The van der Waals surface area contributed by atoms with Gasteiger partial charge in [-0.3, -0.25) is 4.68 Å². The van der Waals surface area contributed by atoms with E-state index < -0.39 is 0 Å². The van der Waals surface area contributed by atoms with Gasteiger partial charge in [0.05, 0.1) is 15.9 Å². The summed E-state index contributed by atoms with van der Waals surface area (Å²) in [6.45, 7) is 12.8. The Kier molecular flexibility index (Phi) is 5.20. The third kappa shape index (κ3) is 4.11. The van der Waals surface area contributed by atoms with Gasteiger partial charge in [0.15, 0.2) is 0 Å². The van der Waals surface area contributed by atoms with Crippen molar-refractivity contribution in [2.24, 2.45) is 0 Å². The van der Waals surface area contributed by atoms with E-state index in [1.165, 1.54) is 10.2 Å². The van der Waals surface area contributed by atoms with Crippen molar-refractivity contribution < 1.29 is 0 Å². The maximum absolute atomic E-state index is 4.60. The Morgan fingerprint density at radius 3 is 2.41 bits per heavy atom. The second-order valence-electron chi connectivity index (χ2n) is 5.30. The molecule has 0 saturated carbocycles. The number of hydrogen-bond donors (Lipinski definition) is 1. The molecule has 1 N–H and O–H groups in total. The zero-order valence-corrected chi connectivity index (χ0v) is 13.2. The first-order chi connectivity index (χ1) is 7.89. The Morgan fingerprint density at radius 2 is 1.94 bits per heavy atom. The molecule has 0 aromatic carbocycles. The molecule has 0 atom stereocenters. The summed E-state index contributed by atoms with van der Waals surface area (Å²) >= 11 is 3.67. The largest absolute Gasteiger partial charge is 0.312 e. The number of aromatic nitrogens is 2. The predicted octanol–water partition coefficient (Wildman–Crippen LogP) is 3.16. The molecule has 1 aromatic rings. The molecule has 3 nitrogen and oxygen atoms in total. The van der Waals surface area contributed by atoms with Crippen molar-refractivity contribution in [3.63, 3.8) is 0 Å². The Balaban J connectivity index is 2.72. The summed E-state index contributed by atoms with van der Waals surface area (Å²) in [5.41, 5.74) is 2.65. The highest BCUT2D eigenvalue weighted by Crippen LogP contribution is 2.22. The van der Waals surface area contributed by atoms with Crippen molar-refractivity contribution >= 4 is 15.9 Å². The lowest BCUT2D eigenvalue weighted by Gasteiger charge is -2.20. The Hall–Kier alpha value is -0.350. The normalized spacial score (nSPS) is 12.1. The maximum Gasteiger partial charge on any atom is 0.0766 e. The van der Waals surface area contributed by atoms with E-state index in [1.54, 1.807) is 0 Å². The van der Waals surface area contributed by atoms with Gasteiger partial charge in [0.1, 0.15) is 0 Å². The van der Waals surface area contributed by atoms with Gasteiger partial charge in [-0.2, -0.15) is 5.10 Å². The average Bonchev–Trinajstić information content (AvgIpc) is 2.54. The van der Waals surface area contributed by atoms with Crippen LogP contribution >= 0.6 is 15.9 Å². The van der Waals surface area contributed by atoms with Crippen molar-refractivity contribution in [3.05, 3.63) is 15.9 Å². The van der Waals surface area contributed by atoms with Gasteiger partial charge in [0.25, 0.3) is 0 Å². The molecule has 4 heteroatoms. The van der Waals surface area contributed by atoms with E-state index in [9.17, 15) is 0 Å². The van der Waals surface area contributed by atoms with E-state index in [0.29, 0.717) is 0 Å². The van der Waals surface area contributed by atoms with Crippen LogP contribution in [0.5, 0.6) is 0 Å². The summed E-state index contributed by atoms with van der Waals surface area (Å²) in [5.74, 6) is 0. The highest BCUT2D eigenvalue weighted by Gasteiger charge is 2.14. The first-order valence-electron chi connectivity index (χ1n) is 6.38. The van der Waals surface area contributed by atoms with Crippen LogP contribution in [-0.2, 0) is 19.4 Å². The van der Waals surface area contributed by atoms with E-state index in [0.717, 1.165) is 31.6 Å². The highest BCUT2D eigenvalue weighted by molar-refractivity contribution is 9.10. The standard InChI is InChI=1S/C13H24BrN3/c1-6-10-12(14)11(17(7-2)16-10)8-9-15-13(3,4)5/h15H,6-9H2,1-5H3. The molecular formula is C13H24BrN3. The van der Waals surface area contributed by atoms with Gasteiger partial charge in [-0.05, 0) is 50.0 Å². The van der Waals surface area contributed by atoms with E-state index >= 15 is 0 Å². The van der Waals surface area contributed by atoms with Crippen LogP contribution in [0.4, 0.5) is 0 Å². The van der Waals surface area contributed by atoms with Crippen LogP contribution in [0.1, 0.15) is 46.0 Å². The van der Waals surface area contributed by atoms with Crippen LogP contribution in [0.15, 0.2) is 4.47 Å². The molecule has 1 rings (SSSR count). The van der Waals surface area contributed by atoms with E-state index in [1.807, 2.05) is 0 Å². The minimum atomic E-state index is 0.178. The van der Waals surface area contributed by atoms with Gasteiger partial charge in [-0.1, -0.05) is 6.92 Å². The summed E-state index contributed by atoms with van der Waals surface area (Å²) in [5, 5.41) is 8.12. The first-order valence-corrected chi connectivity index (χ1v) is 7.17. The number of halogens is 1. The lowest BCUT2D eigenvalue weighted by atomic mass is 10.1. The Labute approximate surface area is 113 Å². The van der Waals surface area contributed by atoms with Crippen LogP contribution in [0, 0.1) is 0 Å². The summed E-state index contributed by atoms with van der Waals surface area (Å²) in [6, 6.07) is 0. The monoisotopic (exact) mass is 301 g/mol. The molecule has 1 aromatic heterocycles. The number of rotatable bonds is 5.